The molecule has 0 spiro atoms. The van der Waals surface area contributed by atoms with Crippen molar-refractivity contribution in [2.24, 2.45) is 5.73 Å². The summed E-state index contributed by atoms with van der Waals surface area (Å²) in [5.74, 6) is -0.0875. The third-order valence-corrected chi connectivity index (χ3v) is 4.61. The summed E-state index contributed by atoms with van der Waals surface area (Å²) in [7, 11) is 0. The molecule has 0 fully saturated rings. The number of carbonyl (C=O) groups excluding carboxylic acids is 1. The minimum Gasteiger partial charge on any atom is -0.508 e. The number of aryl methyl sites for hydroxylation is 1. The first-order valence-electron chi connectivity index (χ1n) is 7.82. The molecule has 24 heavy (non-hydrogen) atoms. The Morgan fingerprint density at radius 3 is 2.83 bits per heavy atom. The van der Waals surface area contributed by atoms with Crippen LogP contribution in [-0.2, 0) is 17.6 Å². The van der Waals surface area contributed by atoms with Gasteiger partial charge in [-0.2, -0.15) is 0 Å². The Balaban J connectivity index is 1.82. The molecule has 1 unspecified atom stereocenters. The molecule has 0 aromatic heterocycles. The number of nitrogens with two attached hydrogens (primary N) is 1. The predicted octanol–water partition coefficient (Wildman–Crippen LogP) is 2.60. The van der Waals surface area contributed by atoms with Crippen LogP contribution in [0, 0.1) is 0 Å². The van der Waals surface area contributed by atoms with Crippen molar-refractivity contribution in [3.63, 3.8) is 0 Å². The average molecular weight is 347 g/mol. The van der Waals surface area contributed by atoms with Crippen molar-refractivity contribution in [3.05, 3.63) is 52.5 Å². The highest BCUT2D eigenvalue weighted by Crippen LogP contribution is 2.35. The van der Waals surface area contributed by atoms with Gasteiger partial charge in [0.2, 0.25) is 5.91 Å². The van der Waals surface area contributed by atoms with Crippen LogP contribution in [0.5, 0.6) is 11.5 Å². The molecule has 1 amide bonds. The maximum atomic E-state index is 12.8. The lowest BCUT2D eigenvalue weighted by molar-refractivity contribution is -0.119. The monoisotopic (exact) mass is 346 g/mol. The number of phenols is 2. The van der Waals surface area contributed by atoms with E-state index in [1.807, 2.05) is 6.07 Å². The molecule has 1 atom stereocenters. The zero-order valence-corrected chi connectivity index (χ0v) is 13.8. The normalized spacial score (nSPS) is 15.0. The van der Waals surface area contributed by atoms with Gasteiger partial charge in [0, 0.05) is 11.6 Å². The zero-order chi connectivity index (χ0) is 17.3. The molecule has 2 aromatic rings. The highest BCUT2D eigenvalue weighted by Gasteiger charge is 2.29. The van der Waals surface area contributed by atoms with Gasteiger partial charge in [0.05, 0.1) is 11.7 Å². The molecule has 0 bridgehead atoms. The van der Waals surface area contributed by atoms with Crippen LogP contribution in [0.1, 0.15) is 17.5 Å². The molecular weight excluding hydrogens is 328 g/mol. The third-order valence-electron chi connectivity index (χ3n) is 4.26. The van der Waals surface area contributed by atoms with Crippen LogP contribution in [0.25, 0.3) is 0 Å². The Bertz CT molecular complexity index is 779. The van der Waals surface area contributed by atoms with Crippen LogP contribution < -0.4 is 10.6 Å². The maximum Gasteiger partial charge on any atom is 0.244 e. The number of nitrogens with zero attached hydrogens (tertiary/aromatic N) is 1. The van der Waals surface area contributed by atoms with Crippen molar-refractivity contribution in [2.75, 3.05) is 11.4 Å². The molecule has 2 aromatic carbocycles. The molecule has 6 heteroatoms. The van der Waals surface area contributed by atoms with Crippen LogP contribution in [0.4, 0.5) is 5.69 Å². The second kappa shape index (κ2) is 6.71. The summed E-state index contributed by atoms with van der Waals surface area (Å²) in [5.41, 5.74) is 8.30. The molecule has 1 aliphatic rings. The lowest BCUT2D eigenvalue weighted by Crippen LogP contribution is -2.47. The number of anilines is 1. The summed E-state index contributed by atoms with van der Waals surface area (Å²) in [4.78, 5) is 14.4. The van der Waals surface area contributed by atoms with Crippen molar-refractivity contribution in [1.29, 1.82) is 0 Å². The molecule has 126 valence electrons. The van der Waals surface area contributed by atoms with E-state index in [4.69, 9.17) is 17.3 Å². The zero-order valence-electron chi connectivity index (χ0n) is 13.1. The standard InChI is InChI=1S/C18H19ClN2O3/c19-14-10-13(22)7-6-12(14)9-15(20)18(24)21-8-2-4-11-3-1-5-16(23)17(11)21/h1,3,5-7,10,15,22-23H,2,4,8-9,20H2. The molecular formula is C18H19ClN2O3. The lowest BCUT2D eigenvalue weighted by atomic mass is 9.99. The number of para-hydroxylation sites is 1. The summed E-state index contributed by atoms with van der Waals surface area (Å²) >= 11 is 6.09. The number of aromatic hydroxyl groups is 2. The average Bonchev–Trinajstić information content (AvgIpc) is 2.56. The van der Waals surface area contributed by atoms with Gasteiger partial charge in [0.15, 0.2) is 0 Å². The fourth-order valence-corrected chi connectivity index (χ4v) is 3.33. The number of hydrogen-bond donors (Lipinski definition) is 3. The van der Waals surface area contributed by atoms with Crippen LogP contribution >= 0.6 is 11.6 Å². The SMILES string of the molecule is NC(Cc1ccc(O)cc1Cl)C(=O)N1CCCc2cccc(O)c21. The largest absolute Gasteiger partial charge is 0.508 e. The van der Waals surface area contributed by atoms with Crippen LogP contribution in [-0.4, -0.2) is 28.7 Å². The van der Waals surface area contributed by atoms with Crippen molar-refractivity contribution in [3.8, 4) is 11.5 Å². The van der Waals surface area contributed by atoms with Gasteiger partial charge in [-0.25, -0.2) is 0 Å². The van der Waals surface area contributed by atoms with E-state index in [1.54, 1.807) is 23.1 Å². The van der Waals surface area contributed by atoms with E-state index in [2.05, 4.69) is 0 Å². The molecule has 0 aliphatic carbocycles. The number of halogens is 1. The molecule has 1 aliphatic heterocycles. The third kappa shape index (κ3) is 3.18. The predicted molar refractivity (Wildman–Crippen MR) is 93.6 cm³/mol. The molecule has 0 saturated heterocycles. The summed E-state index contributed by atoms with van der Waals surface area (Å²) in [6.45, 7) is 0.528. The van der Waals surface area contributed by atoms with E-state index in [-0.39, 0.29) is 23.8 Å². The molecule has 0 saturated carbocycles. The number of fused-ring (bicyclic) bond motifs is 1. The van der Waals surface area contributed by atoms with Gasteiger partial charge >= 0.3 is 0 Å². The first-order chi connectivity index (χ1) is 11.5. The smallest absolute Gasteiger partial charge is 0.244 e. The Hall–Kier alpha value is -2.24. The van der Waals surface area contributed by atoms with Gasteiger partial charge < -0.3 is 20.8 Å². The van der Waals surface area contributed by atoms with E-state index in [0.29, 0.717) is 22.8 Å². The number of rotatable bonds is 3. The lowest BCUT2D eigenvalue weighted by Gasteiger charge is -2.32. The van der Waals surface area contributed by atoms with Gasteiger partial charge in [0.25, 0.3) is 0 Å². The van der Waals surface area contributed by atoms with E-state index in [9.17, 15) is 15.0 Å². The first-order valence-corrected chi connectivity index (χ1v) is 8.20. The van der Waals surface area contributed by atoms with Gasteiger partial charge in [-0.05, 0) is 48.6 Å². The quantitative estimate of drug-likeness (QED) is 0.797. The maximum absolute atomic E-state index is 12.8. The second-order valence-corrected chi connectivity index (χ2v) is 6.37. The number of hydrogen-bond acceptors (Lipinski definition) is 4. The van der Waals surface area contributed by atoms with Crippen LogP contribution in [0.3, 0.4) is 0 Å². The highest BCUT2D eigenvalue weighted by atomic mass is 35.5. The fraction of sp³-hybridized carbons (Fsp3) is 0.278. The summed E-state index contributed by atoms with van der Waals surface area (Å²) in [6.07, 6.45) is 1.92. The van der Waals surface area contributed by atoms with Gasteiger partial charge in [-0.15, -0.1) is 0 Å². The van der Waals surface area contributed by atoms with Gasteiger partial charge in [-0.1, -0.05) is 29.8 Å². The molecule has 5 nitrogen and oxygen atoms in total. The fourth-order valence-electron chi connectivity index (χ4n) is 3.08. The van der Waals surface area contributed by atoms with Crippen molar-refractivity contribution < 1.29 is 15.0 Å². The molecule has 1 heterocycles. The summed E-state index contributed by atoms with van der Waals surface area (Å²) < 4.78 is 0. The summed E-state index contributed by atoms with van der Waals surface area (Å²) in [6, 6.07) is 9.09. The van der Waals surface area contributed by atoms with E-state index in [0.717, 1.165) is 18.4 Å². The van der Waals surface area contributed by atoms with E-state index >= 15 is 0 Å². The van der Waals surface area contributed by atoms with E-state index in [1.165, 1.54) is 12.1 Å². The number of phenolic OH excluding ortho intramolecular Hbond substituents is 2. The van der Waals surface area contributed by atoms with Crippen molar-refractivity contribution in [2.45, 2.75) is 25.3 Å². The number of carbonyl (C=O) groups is 1. The number of benzene rings is 2. The van der Waals surface area contributed by atoms with E-state index < -0.39 is 6.04 Å². The Kier molecular flexibility index (Phi) is 4.64. The summed E-state index contributed by atoms with van der Waals surface area (Å²) in [5, 5.41) is 19.9. The highest BCUT2D eigenvalue weighted by molar-refractivity contribution is 6.31. The van der Waals surface area contributed by atoms with Gasteiger partial charge in [-0.3, -0.25) is 4.79 Å². The molecule has 3 rings (SSSR count). The van der Waals surface area contributed by atoms with Crippen LogP contribution in [0.15, 0.2) is 36.4 Å². The van der Waals surface area contributed by atoms with Crippen molar-refractivity contribution >= 4 is 23.2 Å². The minimum absolute atomic E-state index is 0.0681. The Morgan fingerprint density at radius 2 is 2.08 bits per heavy atom. The van der Waals surface area contributed by atoms with Crippen molar-refractivity contribution in [1.82, 2.24) is 0 Å². The van der Waals surface area contributed by atoms with Crippen LogP contribution in [0.2, 0.25) is 5.02 Å². The topological polar surface area (TPSA) is 86.8 Å². The minimum atomic E-state index is -0.780. The molecule has 4 N–H and O–H groups in total. The Labute approximate surface area is 145 Å². The van der Waals surface area contributed by atoms with Gasteiger partial charge in [0.1, 0.15) is 11.5 Å². The number of amides is 1. The second-order valence-electron chi connectivity index (χ2n) is 5.96. The first kappa shape index (κ1) is 16.6. The molecule has 0 radical (unpaired) electrons. The Morgan fingerprint density at radius 1 is 1.29 bits per heavy atom.